The first-order valence-corrected chi connectivity index (χ1v) is 12.9. The molecule has 0 atom stereocenters. The smallest absolute Gasteiger partial charge is 0.228 e. The van der Waals surface area contributed by atoms with Gasteiger partial charge >= 0.3 is 0 Å². The number of rotatable bonds is 7. The highest BCUT2D eigenvalue weighted by molar-refractivity contribution is 5.99. The number of nitrogens with zero attached hydrogens (tertiary/aromatic N) is 6. The van der Waals surface area contributed by atoms with Crippen LogP contribution < -0.4 is 20.3 Å². The summed E-state index contributed by atoms with van der Waals surface area (Å²) in [6.45, 7) is 1.95. The molecule has 1 saturated heterocycles. The van der Waals surface area contributed by atoms with Crippen LogP contribution in [0.25, 0.3) is 22.0 Å². The summed E-state index contributed by atoms with van der Waals surface area (Å²) < 4.78 is 21.1. The molecular formula is C29H27FN8O. The zero-order valence-electron chi connectivity index (χ0n) is 21.4. The van der Waals surface area contributed by atoms with Crippen molar-refractivity contribution in [2.75, 3.05) is 35.7 Å². The number of pyridine rings is 1. The molecule has 4 heterocycles. The molecule has 1 aliphatic rings. The van der Waals surface area contributed by atoms with Crippen molar-refractivity contribution >= 4 is 34.0 Å². The van der Waals surface area contributed by atoms with E-state index in [0.29, 0.717) is 28.7 Å². The van der Waals surface area contributed by atoms with Crippen molar-refractivity contribution < 1.29 is 9.13 Å². The van der Waals surface area contributed by atoms with E-state index >= 15 is 4.39 Å². The van der Waals surface area contributed by atoms with Gasteiger partial charge in [0.15, 0.2) is 23.2 Å². The molecule has 0 radical (unpaired) electrons. The molecule has 0 aliphatic carbocycles. The van der Waals surface area contributed by atoms with Crippen LogP contribution in [0.3, 0.4) is 0 Å². The maximum absolute atomic E-state index is 15.2. The highest BCUT2D eigenvalue weighted by atomic mass is 19.1. The molecule has 9 nitrogen and oxygen atoms in total. The summed E-state index contributed by atoms with van der Waals surface area (Å²) in [6, 6.07) is 18.0. The third kappa shape index (κ3) is 5.13. The number of hydrogen-bond donors (Lipinski definition) is 2. The lowest BCUT2D eigenvalue weighted by Gasteiger charge is -2.28. The molecule has 0 unspecified atom stereocenters. The van der Waals surface area contributed by atoms with Crippen molar-refractivity contribution in [1.82, 2.24) is 25.1 Å². The van der Waals surface area contributed by atoms with Crippen molar-refractivity contribution in [1.29, 1.82) is 0 Å². The van der Waals surface area contributed by atoms with E-state index in [1.807, 2.05) is 24.3 Å². The number of halogens is 1. The van der Waals surface area contributed by atoms with Gasteiger partial charge in [0.2, 0.25) is 11.8 Å². The van der Waals surface area contributed by atoms with Crippen molar-refractivity contribution in [3.8, 4) is 22.9 Å². The molecule has 2 aromatic carbocycles. The normalized spacial score (nSPS) is 13.3. The summed E-state index contributed by atoms with van der Waals surface area (Å²) in [5.74, 6) is 1.65. The third-order valence-corrected chi connectivity index (χ3v) is 6.65. The van der Waals surface area contributed by atoms with Crippen molar-refractivity contribution in [2.45, 2.75) is 19.3 Å². The Balaban J connectivity index is 1.26. The lowest BCUT2D eigenvalue weighted by molar-refractivity contribution is 0.429. The van der Waals surface area contributed by atoms with Crippen molar-refractivity contribution in [3.63, 3.8) is 0 Å². The van der Waals surface area contributed by atoms with Gasteiger partial charge in [-0.05, 0) is 49.6 Å². The fraction of sp³-hybridized carbons (Fsp3) is 0.207. The quantitative estimate of drug-likeness (QED) is 0.259. The van der Waals surface area contributed by atoms with Gasteiger partial charge in [0.25, 0.3) is 0 Å². The topological polar surface area (TPSA) is 101 Å². The summed E-state index contributed by atoms with van der Waals surface area (Å²) >= 11 is 0. The summed E-state index contributed by atoms with van der Waals surface area (Å²) in [5, 5.41) is 17.1. The average Bonchev–Trinajstić information content (AvgIpc) is 2.99. The molecule has 39 heavy (non-hydrogen) atoms. The van der Waals surface area contributed by atoms with Crippen molar-refractivity contribution in [2.24, 2.45) is 0 Å². The Morgan fingerprint density at radius 2 is 1.72 bits per heavy atom. The Morgan fingerprint density at radius 1 is 0.872 bits per heavy atom. The summed E-state index contributed by atoms with van der Waals surface area (Å²) in [7, 11) is 1.74. The summed E-state index contributed by atoms with van der Waals surface area (Å²) in [6.07, 6.45) is 6.77. The van der Waals surface area contributed by atoms with Crippen LogP contribution in [0, 0.1) is 5.82 Å². The van der Waals surface area contributed by atoms with Crippen LogP contribution in [0.15, 0.2) is 73.1 Å². The third-order valence-electron chi connectivity index (χ3n) is 6.65. The van der Waals surface area contributed by atoms with Gasteiger partial charge in [0.05, 0.1) is 11.3 Å². The zero-order valence-corrected chi connectivity index (χ0v) is 21.4. The number of ether oxygens (including phenoxy) is 1. The molecule has 2 N–H and O–H groups in total. The first-order chi connectivity index (χ1) is 19.2. The van der Waals surface area contributed by atoms with Gasteiger partial charge in [-0.1, -0.05) is 24.3 Å². The van der Waals surface area contributed by atoms with E-state index < -0.39 is 5.82 Å². The van der Waals surface area contributed by atoms with Gasteiger partial charge < -0.3 is 20.3 Å². The first kappa shape index (κ1) is 24.5. The largest absolute Gasteiger partial charge is 0.435 e. The number of nitrogens with one attached hydrogen (secondary N) is 2. The van der Waals surface area contributed by atoms with E-state index in [9.17, 15) is 0 Å². The summed E-state index contributed by atoms with van der Waals surface area (Å²) in [5.41, 5.74) is 1.75. The second-order valence-electron chi connectivity index (χ2n) is 9.21. The van der Waals surface area contributed by atoms with Crippen LogP contribution in [0.4, 0.5) is 27.7 Å². The minimum absolute atomic E-state index is 0.0415. The van der Waals surface area contributed by atoms with Crippen LogP contribution in [-0.2, 0) is 0 Å². The van der Waals surface area contributed by atoms with Gasteiger partial charge in [-0.25, -0.2) is 19.3 Å². The SMILES string of the molecule is CNc1nccc(-c2cccnc2Oc2ccc(Nc3nnc(N4CCCCC4)c4ccccc34)cc2F)n1. The molecule has 0 spiro atoms. The van der Waals surface area contributed by atoms with Crippen molar-refractivity contribution in [3.05, 3.63) is 78.9 Å². The predicted octanol–water partition coefficient (Wildman–Crippen LogP) is 6.19. The number of piperidine rings is 1. The lowest BCUT2D eigenvalue weighted by Crippen LogP contribution is -2.30. The lowest BCUT2D eigenvalue weighted by atomic mass is 10.1. The van der Waals surface area contributed by atoms with Gasteiger partial charge in [-0.3, -0.25) is 0 Å². The van der Waals surface area contributed by atoms with E-state index in [1.165, 1.54) is 12.5 Å². The predicted molar refractivity (Wildman–Crippen MR) is 150 cm³/mol. The highest BCUT2D eigenvalue weighted by Gasteiger charge is 2.18. The number of fused-ring (bicyclic) bond motifs is 1. The molecule has 6 rings (SSSR count). The molecule has 1 fully saturated rings. The molecular weight excluding hydrogens is 495 g/mol. The second-order valence-corrected chi connectivity index (χ2v) is 9.21. The maximum Gasteiger partial charge on any atom is 0.228 e. The number of hydrogen-bond acceptors (Lipinski definition) is 9. The minimum Gasteiger partial charge on any atom is -0.435 e. The van der Waals surface area contributed by atoms with E-state index in [1.54, 1.807) is 43.7 Å². The number of aromatic nitrogens is 5. The maximum atomic E-state index is 15.2. The Hall–Kier alpha value is -4.86. The van der Waals surface area contributed by atoms with Gasteiger partial charge in [-0.2, -0.15) is 0 Å². The summed E-state index contributed by atoms with van der Waals surface area (Å²) in [4.78, 5) is 15.2. The Bertz CT molecular complexity index is 1620. The Labute approximate surface area is 225 Å². The van der Waals surface area contributed by atoms with E-state index in [4.69, 9.17) is 4.74 Å². The Morgan fingerprint density at radius 3 is 2.54 bits per heavy atom. The van der Waals surface area contributed by atoms with Crippen LogP contribution >= 0.6 is 0 Å². The van der Waals surface area contributed by atoms with E-state index in [2.05, 4.69) is 46.7 Å². The van der Waals surface area contributed by atoms with Crippen LogP contribution in [-0.4, -0.2) is 45.3 Å². The zero-order chi connectivity index (χ0) is 26.6. The van der Waals surface area contributed by atoms with Gasteiger partial charge in [0.1, 0.15) is 0 Å². The monoisotopic (exact) mass is 522 g/mol. The Kier molecular flexibility index (Phi) is 6.82. The van der Waals surface area contributed by atoms with Crippen LogP contribution in [0.1, 0.15) is 19.3 Å². The van der Waals surface area contributed by atoms with Crippen LogP contribution in [0.5, 0.6) is 11.6 Å². The minimum atomic E-state index is -0.544. The average molecular weight is 523 g/mol. The molecule has 0 saturated carbocycles. The number of anilines is 4. The molecule has 10 heteroatoms. The molecule has 196 valence electrons. The van der Waals surface area contributed by atoms with Crippen LogP contribution in [0.2, 0.25) is 0 Å². The molecule has 0 amide bonds. The second kappa shape index (κ2) is 10.9. The van der Waals surface area contributed by atoms with E-state index in [-0.39, 0.29) is 11.6 Å². The standard InChI is InChI=1S/C29H27FN8O/c1-31-29-33-15-13-24(35-29)22-10-7-14-32-28(22)39-25-12-11-19(18-23(25)30)34-26-20-8-3-4-9-21(20)27(37-36-26)38-16-5-2-6-17-38/h3-4,7-15,18H,2,5-6,16-17H2,1H3,(H,34,36)(H,31,33,35). The van der Waals surface area contributed by atoms with E-state index in [0.717, 1.165) is 42.5 Å². The molecule has 0 bridgehead atoms. The first-order valence-electron chi connectivity index (χ1n) is 12.9. The fourth-order valence-electron chi connectivity index (χ4n) is 4.72. The van der Waals surface area contributed by atoms with Gasteiger partial charge in [0, 0.05) is 55.1 Å². The molecule has 5 aromatic rings. The highest BCUT2D eigenvalue weighted by Crippen LogP contribution is 2.35. The number of benzene rings is 2. The molecule has 3 aromatic heterocycles. The fourth-order valence-corrected chi connectivity index (χ4v) is 4.72. The molecule has 1 aliphatic heterocycles. The van der Waals surface area contributed by atoms with Gasteiger partial charge in [-0.15, -0.1) is 10.2 Å².